The van der Waals surface area contributed by atoms with Gasteiger partial charge in [0.15, 0.2) is 5.79 Å². The minimum atomic E-state index is -1.30. The third-order valence-electron chi connectivity index (χ3n) is 3.25. The second kappa shape index (κ2) is 6.65. The molecule has 0 aromatic carbocycles. The first-order chi connectivity index (χ1) is 10.0. The maximum absolute atomic E-state index is 10.3. The van der Waals surface area contributed by atoms with Gasteiger partial charge in [0.2, 0.25) is 5.88 Å². The summed E-state index contributed by atoms with van der Waals surface area (Å²) < 4.78 is 5.36. The van der Waals surface area contributed by atoms with Crippen LogP contribution in [0.15, 0.2) is 57.0 Å². The number of aliphatic hydroxyl groups is 2. The first-order valence-electron chi connectivity index (χ1n) is 6.97. The zero-order valence-corrected chi connectivity index (χ0v) is 12.3. The Morgan fingerprint density at radius 2 is 2.05 bits per heavy atom. The largest absolute Gasteiger partial charge is 0.492 e. The maximum atomic E-state index is 10.3. The van der Waals surface area contributed by atoms with Crippen LogP contribution >= 0.6 is 0 Å². The van der Waals surface area contributed by atoms with E-state index < -0.39 is 5.79 Å². The van der Waals surface area contributed by atoms with E-state index in [9.17, 15) is 10.2 Å². The molecule has 0 saturated heterocycles. The van der Waals surface area contributed by atoms with Gasteiger partial charge in [0.05, 0.1) is 0 Å². The number of hydrogen-bond acceptors (Lipinski definition) is 5. The molecule has 1 aliphatic heterocycles. The standard InChI is InChI=1S/C16H20N2O3/c1-3-21-16(2,20)13-7-4-6-12(8-9-13)14-15(19)18-11-5-10-17-14/h4,6,8-11,19-20H,3,5,7H2,1-2H3. The van der Waals surface area contributed by atoms with Gasteiger partial charge in [-0.25, -0.2) is 4.99 Å². The van der Waals surface area contributed by atoms with Crippen molar-refractivity contribution in [1.29, 1.82) is 0 Å². The minimum Gasteiger partial charge on any atom is -0.492 e. The predicted octanol–water partition coefficient (Wildman–Crippen LogP) is 2.82. The topological polar surface area (TPSA) is 74.4 Å². The van der Waals surface area contributed by atoms with Crippen molar-refractivity contribution in [3.63, 3.8) is 0 Å². The van der Waals surface area contributed by atoms with Crippen molar-refractivity contribution in [2.75, 3.05) is 6.61 Å². The lowest BCUT2D eigenvalue weighted by molar-refractivity contribution is -0.158. The molecule has 0 aromatic heterocycles. The number of allylic oxidation sites excluding steroid dienone is 4. The summed E-state index contributed by atoms with van der Waals surface area (Å²) in [7, 11) is 0. The average Bonchev–Trinajstić information content (AvgIpc) is 2.79. The molecule has 0 bridgehead atoms. The van der Waals surface area contributed by atoms with Crippen LogP contribution in [0.5, 0.6) is 0 Å². The van der Waals surface area contributed by atoms with Crippen LogP contribution in [0.2, 0.25) is 0 Å². The molecule has 0 radical (unpaired) electrons. The van der Waals surface area contributed by atoms with Crippen molar-refractivity contribution in [3.05, 3.63) is 47.0 Å². The van der Waals surface area contributed by atoms with Gasteiger partial charge in [-0.1, -0.05) is 24.3 Å². The van der Waals surface area contributed by atoms with Crippen LogP contribution in [0.4, 0.5) is 0 Å². The monoisotopic (exact) mass is 288 g/mol. The molecule has 112 valence electrons. The van der Waals surface area contributed by atoms with Crippen LogP contribution in [0, 0.1) is 0 Å². The quantitative estimate of drug-likeness (QED) is 0.781. The normalized spacial score (nSPS) is 21.5. The molecule has 1 heterocycles. The molecule has 0 fully saturated rings. The van der Waals surface area contributed by atoms with Crippen LogP contribution < -0.4 is 0 Å². The van der Waals surface area contributed by atoms with E-state index in [1.54, 1.807) is 31.5 Å². The third-order valence-corrected chi connectivity index (χ3v) is 3.25. The van der Waals surface area contributed by atoms with E-state index in [1.165, 1.54) is 0 Å². The van der Waals surface area contributed by atoms with Gasteiger partial charge in [-0.2, -0.15) is 0 Å². The fourth-order valence-corrected chi connectivity index (χ4v) is 2.16. The Bertz CT molecular complexity index is 578. The van der Waals surface area contributed by atoms with Crippen LogP contribution in [-0.2, 0) is 4.74 Å². The van der Waals surface area contributed by atoms with Crippen LogP contribution in [0.25, 0.3) is 0 Å². The van der Waals surface area contributed by atoms with Crippen LogP contribution in [0.3, 0.4) is 0 Å². The molecule has 21 heavy (non-hydrogen) atoms. The summed E-state index contributed by atoms with van der Waals surface area (Å²) in [6, 6.07) is 0. The Balaban J connectivity index is 2.33. The van der Waals surface area contributed by atoms with E-state index in [2.05, 4.69) is 9.98 Å². The lowest BCUT2D eigenvalue weighted by Gasteiger charge is -2.25. The van der Waals surface area contributed by atoms with E-state index in [0.717, 1.165) is 11.1 Å². The lowest BCUT2D eigenvalue weighted by atomic mass is 10.0. The molecule has 0 spiro atoms. The Kier molecular flexibility index (Phi) is 4.88. The molecule has 1 aliphatic carbocycles. The predicted molar refractivity (Wildman–Crippen MR) is 83.4 cm³/mol. The van der Waals surface area contributed by atoms with Gasteiger partial charge in [0.1, 0.15) is 5.70 Å². The van der Waals surface area contributed by atoms with E-state index in [1.807, 2.05) is 19.1 Å². The second-order valence-corrected chi connectivity index (χ2v) is 4.87. The minimum absolute atomic E-state index is 0.104. The molecule has 5 nitrogen and oxygen atoms in total. The number of aliphatic imine (C=N–C) groups is 2. The van der Waals surface area contributed by atoms with Crippen molar-refractivity contribution in [2.24, 2.45) is 9.98 Å². The first-order valence-corrected chi connectivity index (χ1v) is 6.97. The molecule has 1 atom stereocenters. The molecular weight excluding hydrogens is 268 g/mol. The number of ether oxygens (including phenoxy) is 1. The summed E-state index contributed by atoms with van der Waals surface area (Å²) in [6.07, 6.45) is 11.8. The first kappa shape index (κ1) is 15.4. The van der Waals surface area contributed by atoms with Crippen molar-refractivity contribution in [2.45, 2.75) is 32.5 Å². The van der Waals surface area contributed by atoms with Gasteiger partial charge < -0.3 is 14.9 Å². The molecule has 5 heteroatoms. The van der Waals surface area contributed by atoms with Gasteiger partial charge in [-0.15, -0.1) is 0 Å². The van der Waals surface area contributed by atoms with Gasteiger partial charge in [0, 0.05) is 31.0 Å². The highest BCUT2D eigenvalue weighted by Gasteiger charge is 2.25. The Morgan fingerprint density at radius 3 is 2.81 bits per heavy atom. The number of nitrogens with zero attached hydrogens (tertiary/aromatic N) is 2. The summed E-state index contributed by atoms with van der Waals surface area (Å²) in [5.74, 6) is -1.40. The summed E-state index contributed by atoms with van der Waals surface area (Å²) in [4.78, 5) is 8.15. The van der Waals surface area contributed by atoms with Crippen LogP contribution in [0.1, 0.15) is 26.7 Å². The van der Waals surface area contributed by atoms with Gasteiger partial charge in [-0.3, -0.25) is 4.99 Å². The maximum Gasteiger partial charge on any atom is 0.237 e. The summed E-state index contributed by atoms with van der Waals surface area (Å²) in [5, 5.41) is 20.2. The summed E-state index contributed by atoms with van der Waals surface area (Å²) in [6.45, 7) is 3.89. The smallest absolute Gasteiger partial charge is 0.237 e. The molecule has 2 aliphatic rings. The third kappa shape index (κ3) is 3.77. The summed E-state index contributed by atoms with van der Waals surface area (Å²) >= 11 is 0. The highest BCUT2D eigenvalue weighted by atomic mass is 16.6. The van der Waals surface area contributed by atoms with Crippen molar-refractivity contribution >= 4 is 12.4 Å². The van der Waals surface area contributed by atoms with Gasteiger partial charge in [-0.05, 0) is 25.8 Å². The molecular formula is C16H20N2O3. The lowest BCUT2D eigenvalue weighted by Crippen LogP contribution is -2.30. The second-order valence-electron chi connectivity index (χ2n) is 4.87. The molecule has 0 amide bonds. The molecule has 2 N–H and O–H groups in total. The number of rotatable bonds is 4. The van der Waals surface area contributed by atoms with E-state index in [0.29, 0.717) is 25.1 Å². The zero-order chi connectivity index (χ0) is 15.3. The highest BCUT2D eigenvalue weighted by molar-refractivity contribution is 5.82. The number of hydrogen-bond donors (Lipinski definition) is 2. The van der Waals surface area contributed by atoms with Crippen molar-refractivity contribution < 1.29 is 14.9 Å². The Labute approximate surface area is 124 Å². The van der Waals surface area contributed by atoms with E-state index >= 15 is 0 Å². The zero-order valence-electron chi connectivity index (χ0n) is 12.3. The fourth-order valence-electron chi connectivity index (χ4n) is 2.16. The van der Waals surface area contributed by atoms with E-state index in [-0.39, 0.29) is 5.88 Å². The number of aliphatic hydroxyl groups excluding tert-OH is 1. The Morgan fingerprint density at radius 1 is 1.29 bits per heavy atom. The molecule has 2 rings (SSSR count). The van der Waals surface area contributed by atoms with Crippen LogP contribution in [-0.4, -0.2) is 35.0 Å². The Hall–Kier alpha value is -1.98. The summed E-state index contributed by atoms with van der Waals surface area (Å²) in [5.41, 5.74) is 1.91. The molecule has 0 saturated carbocycles. The van der Waals surface area contributed by atoms with Gasteiger partial charge >= 0.3 is 0 Å². The van der Waals surface area contributed by atoms with Gasteiger partial charge in [0.25, 0.3) is 0 Å². The van der Waals surface area contributed by atoms with Crippen molar-refractivity contribution in [1.82, 2.24) is 0 Å². The average molecular weight is 288 g/mol. The molecule has 1 unspecified atom stereocenters. The SMILES string of the molecule is CCOC(C)(O)C1=CC=C(C2=C(O)N=CCC=N2)C=CC1. The van der Waals surface area contributed by atoms with E-state index in [4.69, 9.17) is 4.74 Å². The van der Waals surface area contributed by atoms with Crippen molar-refractivity contribution in [3.8, 4) is 0 Å². The fraction of sp³-hybridized carbons (Fsp3) is 0.375. The molecule has 0 aromatic rings. The highest BCUT2D eigenvalue weighted by Crippen LogP contribution is 2.27.